The molecule has 1 aromatic heterocycles. The largest absolute Gasteiger partial charge is 0.318 e. The van der Waals surface area contributed by atoms with E-state index in [1.54, 1.807) is 18.2 Å². The van der Waals surface area contributed by atoms with Crippen LogP contribution in [0.3, 0.4) is 0 Å². The molecule has 0 N–H and O–H groups in total. The quantitative estimate of drug-likeness (QED) is 0.305. The normalized spacial score (nSPS) is 18.0. The average molecular weight is 540 g/mol. The third-order valence-corrected chi connectivity index (χ3v) is 8.70. The maximum atomic E-state index is 13.1. The van der Waals surface area contributed by atoms with Crippen molar-refractivity contribution in [2.45, 2.75) is 58.4 Å². The van der Waals surface area contributed by atoms with Gasteiger partial charge in [-0.15, -0.1) is 0 Å². The van der Waals surface area contributed by atoms with Crippen LogP contribution in [0.5, 0.6) is 0 Å². The van der Waals surface area contributed by atoms with E-state index in [0.717, 1.165) is 34.4 Å². The fourth-order valence-corrected chi connectivity index (χ4v) is 6.56. The Morgan fingerprint density at radius 2 is 1.69 bits per heavy atom. The van der Waals surface area contributed by atoms with Crippen molar-refractivity contribution in [1.82, 2.24) is 9.47 Å². The Bertz CT molecular complexity index is 1350. The molecule has 7 heteroatoms. The highest BCUT2D eigenvalue weighted by molar-refractivity contribution is 8.18. The van der Waals surface area contributed by atoms with Gasteiger partial charge in [0, 0.05) is 27.1 Å². The highest BCUT2D eigenvalue weighted by Gasteiger charge is 2.35. The molecule has 1 aliphatic carbocycles. The number of amides is 2. The summed E-state index contributed by atoms with van der Waals surface area (Å²) < 4.78 is 2.20. The molecule has 2 aliphatic rings. The van der Waals surface area contributed by atoms with Crippen LogP contribution in [-0.4, -0.2) is 20.6 Å². The fraction of sp³-hybridized carbons (Fsp3) is 0.310. The Balaban J connectivity index is 1.37. The smallest absolute Gasteiger partial charge is 0.293 e. The second-order valence-electron chi connectivity index (χ2n) is 9.59. The number of halogens is 2. The van der Waals surface area contributed by atoms with Crippen LogP contribution < -0.4 is 0 Å². The highest BCUT2D eigenvalue weighted by atomic mass is 35.5. The molecule has 0 radical (unpaired) electrons. The first kappa shape index (κ1) is 25.2. The maximum absolute atomic E-state index is 13.1. The molecule has 0 unspecified atom stereocenters. The van der Waals surface area contributed by atoms with E-state index in [1.165, 1.54) is 42.6 Å². The zero-order valence-corrected chi connectivity index (χ0v) is 22.7. The summed E-state index contributed by atoms with van der Waals surface area (Å²) >= 11 is 13.2. The molecule has 1 saturated heterocycles. The number of carbonyl (C=O) groups is 2. The van der Waals surface area contributed by atoms with Gasteiger partial charge in [0.1, 0.15) is 0 Å². The van der Waals surface area contributed by atoms with E-state index in [4.69, 9.17) is 23.2 Å². The van der Waals surface area contributed by atoms with E-state index < -0.39 is 0 Å². The summed E-state index contributed by atoms with van der Waals surface area (Å²) in [6, 6.07) is 16.0. The third-order valence-electron chi connectivity index (χ3n) is 7.20. The van der Waals surface area contributed by atoms with Crippen molar-refractivity contribution in [2.24, 2.45) is 0 Å². The number of thioether (sulfide) groups is 1. The topological polar surface area (TPSA) is 42.3 Å². The van der Waals surface area contributed by atoms with Crippen LogP contribution in [0.15, 0.2) is 53.4 Å². The first-order valence-electron chi connectivity index (χ1n) is 12.3. The Hall–Kier alpha value is -2.47. The van der Waals surface area contributed by atoms with Crippen molar-refractivity contribution >= 4 is 52.2 Å². The molecule has 2 amide bonds. The van der Waals surface area contributed by atoms with Crippen molar-refractivity contribution in [3.8, 4) is 5.69 Å². The van der Waals surface area contributed by atoms with Crippen LogP contribution in [-0.2, 0) is 11.3 Å². The number of hydrogen-bond acceptors (Lipinski definition) is 3. The minimum atomic E-state index is -0.308. The van der Waals surface area contributed by atoms with Gasteiger partial charge >= 0.3 is 0 Å². The number of carbonyl (C=O) groups excluding carboxylic acids is 2. The summed E-state index contributed by atoms with van der Waals surface area (Å²) in [5, 5.41) is 0.643. The average Bonchev–Trinajstić information content (AvgIpc) is 3.30. The molecule has 0 spiro atoms. The van der Waals surface area contributed by atoms with Crippen molar-refractivity contribution < 1.29 is 9.59 Å². The van der Waals surface area contributed by atoms with Gasteiger partial charge in [0.25, 0.3) is 11.1 Å². The molecule has 0 atom stereocenters. The van der Waals surface area contributed by atoms with Crippen molar-refractivity contribution in [1.29, 1.82) is 0 Å². The zero-order valence-electron chi connectivity index (χ0n) is 20.4. The molecule has 3 aromatic rings. The molecular weight excluding hydrogens is 511 g/mol. The highest BCUT2D eigenvalue weighted by Crippen LogP contribution is 2.36. The number of hydrogen-bond donors (Lipinski definition) is 0. The molecule has 1 aliphatic heterocycles. The first-order chi connectivity index (χ1) is 17.3. The predicted molar refractivity (Wildman–Crippen MR) is 149 cm³/mol. The van der Waals surface area contributed by atoms with E-state index in [2.05, 4.69) is 41.8 Å². The summed E-state index contributed by atoms with van der Waals surface area (Å²) in [6.07, 6.45) is 8.39. The lowest BCUT2D eigenvalue weighted by Crippen LogP contribution is -2.27. The Morgan fingerprint density at radius 3 is 2.39 bits per heavy atom. The Kier molecular flexibility index (Phi) is 7.34. The summed E-state index contributed by atoms with van der Waals surface area (Å²) in [5.74, 6) is 0.367. The predicted octanol–water partition coefficient (Wildman–Crippen LogP) is 8.69. The summed E-state index contributed by atoms with van der Waals surface area (Å²) in [5.41, 5.74) is 6.26. The Morgan fingerprint density at radius 1 is 0.972 bits per heavy atom. The monoisotopic (exact) mass is 538 g/mol. The van der Waals surface area contributed by atoms with E-state index in [1.807, 2.05) is 13.0 Å². The van der Waals surface area contributed by atoms with E-state index in [9.17, 15) is 9.59 Å². The zero-order chi connectivity index (χ0) is 25.4. The van der Waals surface area contributed by atoms with Crippen molar-refractivity contribution in [2.75, 3.05) is 0 Å². The van der Waals surface area contributed by atoms with Gasteiger partial charge < -0.3 is 4.57 Å². The summed E-state index contributed by atoms with van der Waals surface area (Å²) in [4.78, 5) is 27.4. The van der Waals surface area contributed by atoms with Crippen LogP contribution in [0.1, 0.15) is 66.1 Å². The van der Waals surface area contributed by atoms with Crippen LogP contribution >= 0.6 is 35.0 Å². The van der Waals surface area contributed by atoms with Gasteiger partial charge in [-0.2, -0.15) is 0 Å². The molecule has 1 saturated carbocycles. The van der Waals surface area contributed by atoms with Crippen molar-refractivity contribution in [3.63, 3.8) is 0 Å². The minimum absolute atomic E-state index is 0.115. The molecule has 0 bridgehead atoms. The number of imide groups is 1. The van der Waals surface area contributed by atoms with E-state index in [0.29, 0.717) is 26.4 Å². The number of aryl methyl sites for hydroxylation is 1. The summed E-state index contributed by atoms with van der Waals surface area (Å²) in [7, 11) is 0. The molecule has 186 valence electrons. The van der Waals surface area contributed by atoms with Gasteiger partial charge in [0.05, 0.1) is 11.4 Å². The molecule has 2 heterocycles. The van der Waals surface area contributed by atoms with Crippen molar-refractivity contribution in [3.05, 3.63) is 91.6 Å². The summed E-state index contributed by atoms with van der Waals surface area (Å²) in [6.45, 7) is 4.23. The standard InChI is InChI=1S/C29H28Cl2N2O2S/c1-18-14-23(19(2)33(18)25-12-9-21(10-13-25)20-6-4-3-5-7-20)15-27-28(34)32(29(35)36-27)17-22-8-11-24(30)16-26(22)31/h8-16,20H,3-7,17H2,1-2H3/b27-15-. The number of rotatable bonds is 5. The lowest BCUT2D eigenvalue weighted by Gasteiger charge is -2.22. The SMILES string of the molecule is Cc1cc(/C=C2\SC(=O)N(Cc3ccc(Cl)cc3Cl)C2=O)c(C)n1-c1ccc(C2CCCCC2)cc1. The van der Waals surface area contributed by atoms with Gasteiger partial charge in [-0.05, 0) is 97.5 Å². The molecule has 4 nitrogen and oxygen atoms in total. The fourth-order valence-electron chi connectivity index (χ4n) is 5.26. The second kappa shape index (κ2) is 10.5. The van der Waals surface area contributed by atoms with Gasteiger partial charge in [0.15, 0.2) is 0 Å². The lowest BCUT2D eigenvalue weighted by molar-refractivity contribution is -0.123. The molecule has 36 heavy (non-hydrogen) atoms. The minimum Gasteiger partial charge on any atom is -0.318 e. The Labute approximate surface area is 226 Å². The molecule has 2 aromatic carbocycles. The van der Waals surface area contributed by atoms with Gasteiger partial charge in [-0.1, -0.05) is 60.7 Å². The van der Waals surface area contributed by atoms with Gasteiger partial charge in [-0.3, -0.25) is 14.5 Å². The number of benzene rings is 2. The van der Waals surface area contributed by atoms with E-state index in [-0.39, 0.29) is 17.7 Å². The maximum Gasteiger partial charge on any atom is 0.293 e. The van der Waals surface area contributed by atoms with E-state index >= 15 is 0 Å². The van der Waals surface area contributed by atoms with Gasteiger partial charge in [0.2, 0.25) is 0 Å². The lowest BCUT2D eigenvalue weighted by atomic mass is 9.84. The molecule has 2 fully saturated rings. The molecular formula is C29H28Cl2N2O2S. The van der Waals surface area contributed by atoms with Crippen LogP contribution in [0.2, 0.25) is 10.0 Å². The molecule has 5 rings (SSSR count). The van der Waals surface area contributed by atoms with Gasteiger partial charge in [-0.25, -0.2) is 0 Å². The number of nitrogens with zero attached hydrogens (tertiary/aromatic N) is 2. The van der Waals surface area contributed by atoms with Crippen LogP contribution in [0.4, 0.5) is 4.79 Å². The van der Waals surface area contributed by atoms with Crippen LogP contribution in [0, 0.1) is 13.8 Å². The third kappa shape index (κ3) is 5.02. The second-order valence-corrected chi connectivity index (χ2v) is 11.4. The first-order valence-corrected chi connectivity index (χ1v) is 13.9. The van der Waals surface area contributed by atoms with Crippen LogP contribution in [0.25, 0.3) is 11.8 Å². The number of aromatic nitrogens is 1.